The summed E-state index contributed by atoms with van der Waals surface area (Å²) >= 11 is 12.2. The Labute approximate surface area is 163 Å². The van der Waals surface area contributed by atoms with Crippen LogP contribution in [0, 0.1) is 0 Å². The first-order valence-electron chi connectivity index (χ1n) is 8.94. The van der Waals surface area contributed by atoms with E-state index in [0.29, 0.717) is 16.0 Å². The number of fused-ring (bicyclic) bond motifs is 1. The molecule has 26 heavy (non-hydrogen) atoms. The van der Waals surface area contributed by atoms with Crippen LogP contribution in [0.3, 0.4) is 0 Å². The Hall–Kier alpha value is -2.04. The summed E-state index contributed by atoms with van der Waals surface area (Å²) in [5.41, 5.74) is 1.71. The van der Waals surface area contributed by atoms with Gasteiger partial charge >= 0.3 is 0 Å². The predicted molar refractivity (Wildman–Crippen MR) is 110 cm³/mol. The minimum Gasteiger partial charge on any atom is -0.356 e. The van der Waals surface area contributed by atoms with Gasteiger partial charge in [0.25, 0.3) is 0 Å². The van der Waals surface area contributed by atoms with E-state index in [4.69, 9.17) is 28.2 Å². The average molecular weight is 387 g/mol. The van der Waals surface area contributed by atoms with Gasteiger partial charge in [0, 0.05) is 34.2 Å². The molecule has 0 aliphatic carbocycles. The summed E-state index contributed by atoms with van der Waals surface area (Å²) in [6.07, 6.45) is 4.97. The molecule has 2 heterocycles. The third-order valence-electron chi connectivity index (χ3n) is 4.61. The van der Waals surface area contributed by atoms with Gasteiger partial charge < -0.3 is 10.2 Å². The van der Waals surface area contributed by atoms with Gasteiger partial charge in [-0.3, -0.25) is 0 Å². The van der Waals surface area contributed by atoms with Crippen molar-refractivity contribution in [2.45, 2.75) is 25.7 Å². The van der Waals surface area contributed by atoms with Gasteiger partial charge in [-0.05, 0) is 43.2 Å². The number of hydrogen-bond donors (Lipinski definition) is 1. The van der Waals surface area contributed by atoms with Crippen molar-refractivity contribution in [3.63, 3.8) is 0 Å². The zero-order chi connectivity index (χ0) is 17.9. The number of hydrogen-bond acceptors (Lipinski definition) is 4. The van der Waals surface area contributed by atoms with E-state index in [9.17, 15) is 0 Å². The number of benzene rings is 2. The number of para-hydroxylation sites is 1. The van der Waals surface area contributed by atoms with Gasteiger partial charge in [0.1, 0.15) is 5.82 Å². The molecule has 0 atom stereocenters. The molecule has 0 saturated carbocycles. The van der Waals surface area contributed by atoms with E-state index in [0.717, 1.165) is 35.5 Å². The van der Waals surface area contributed by atoms with Gasteiger partial charge in [-0.2, -0.15) is 4.98 Å². The molecule has 1 aliphatic rings. The highest BCUT2D eigenvalue weighted by Gasteiger charge is 2.16. The highest BCUT2D eigenvalue weighted by molar-refractivity contribution is 6.35. The minimum atomic E-state index is 0.557. The van der Waals surface area contributed by atoms with Gasteiger partial charge in [0.2, 0.25) is 5.95 Å². The van der Waals surface area contributed by atoms with Crippen molar-refractivity contribution in [1.29, 1.82) is 0 Å². The van der Waals surface area contributed by atoms with E-state index in [1.54, 1.807) is 6.07 Å². The molecule has 0 amide bonds. The zero-order valence-electron chi connectivity index (χ0n) is 14.4. The molecular formula is C20H20Cl2N4. The summed E-state index contributed by atoms with van der Waals surface area (Å²) in [7, 11) is 0. The number of nitrogens with zero attached hydrogens (tertiary/aromatic N) is 3. The molecule has 6 heteroatoms. The van der Waals surface area contributed by atoms with E-state index < -0.39 is 0 Å². The van der Waals surface area contributed by atoms with Crippen molar-refractivity contribution in [1.82, 2.24) is 9.97 Å². The van der Waals surface area contributed by atoms with E-state index in [2.05, 4.69) is 21.3 Å². The fourth-order valence-electron chi connectivity index (χ4n) is 3.39. The molecule has 4 nitrogen and oxygen atoms in total. The lowest BCUT2D eigenvalue weighted by Crippen LogP contribution is -2.25. The molecule has 2 aromatic carbocycles. The van der Waals surface area contributed by atoms with E-state index in [1.165, 1.54) is 25.7 Å². The molecule has 134 valence electrons. The van der Waals surface area contributed by atoms with Crippen molar-refractivity contribution in [3.8, 4) is 0 Å². The molecule has 1 aromatic heterocycles. The van der Waals surface area contributed by atoms with Crippen molar-refractivity contribution in [2.75, 3.05) is 23.3 Å². The normalized spacial score (nSPS) is 15.1. The second kappa shape index (κ2) is 7.68. The molecule has 1 saturated heterocycles. The Morgan fingerprint density at radius 2 is 1.54 bits per heavy atom. The van der Waals surface area contributed by atoms with Crippen LogP contribution in [-0.2, 0) is 0 Å². The Balaban J connectivity index is 1.75. The topological polar surface area (TPSA) is 41.1 Å². The van der Waals surface area contributed by atoms with Crippen LogP contribution in [0.15, 0.2) is 42.5 Å². The summed E-state index contributed by atoms with van der Waals surface area (Å²) in [6.45, 7) is 2.06. The van der Waals surface area contributed by atoms with Crippen LogP contribution in [0.4, 0.5) is 17.5 Å². The number of nitrogens with one attached hydrogen (secondary N) is 1. The first kappa shape index (κ1) is 17.4. The maximum Gasteiger partial charge on any atom is 0.229 e. The van der Waals surface area contributed by atoms with Gasteiger partial charge in [-0.25, -0.2) is 4.98 Å². The zero-order valence-corrected chi connectivity index (χ0v) is 15.9. The summed E-state index contributed by atoms with van der Waals surface area (Å²) in [6, 6.07) is 13.5. The minimum absolute atomic E-state index is 0.557. The summed E-state index contributed by atoms with van der Waals surface area (Å²) in [5, 5.41) is 5.50. The second-order valence-corrected chi connectivity index (χ2v) is 7.45. The fraction of sp³-hybridized carbons (Fsp3) is 0.300. The number of aromatic nitrogens is 2. The Kier molecular flexibility index (Phi) is 5.14. The fourth-order valence-corrected chi connectivity index (χ4v) is 3.92. The van der Waals surface area contributed by atoms with E-state index in [-0.39, 0.29) is 0 Å². The highest BCUT2D eigenvalue weighted by Crippen LogP contribution is 2.29. The maximum absolute atomic E-state index is 6.11. The number of rotatable bonds is 3. The smallest absolute Gasteiger partial charge is 0.229 e. The number of anilines is 3. The average Bonchev–Trinajstić information content (AvgIpc) is 2.89. The first-order valence-corrected chi connectivity index (χ1v) is 9.69. The molecular weight excluding hydrogens is 367 g/mol. The van der Waals surface area contributed by atoms with Crippen LogP contribution in [0.1, 0.15) is 25.7 Å². The summed E-state index contributed by atoms with van der Waals surface area (Å²) < 4.78 is 0. The SMILES string of the molecule is Clc1cc(Cl)cc(Nc2nc(N3CCCCCC3)c3ccccc3n2)c1. The van der Waals surface area contributed by atoms with Crippen molar-refractivity contribution >= 4 is 51.6 Å². The summed E-state index contributed by atoms with van der Waals surface area (Å²) in [5.74, 6) is 1.55. The standard InChI is InChI=1S/C20H20Cl2N4/c21-14-11-15(22)13-16(12-14)23-20-24-18-8-4-3-7-17(18)19(25-20)26-9-5-1-2-6-10-26/h3-4,7-8,11-13H,1-2,5-6,9-10H2,(H,23,24,25). The molecule has 1 fully saturated rings. The van der Waals surface area contributed by atoms with Crippen molar-refractivity contribution in [3.05, 3.63) is 52.5 Å². The van der Waals surface area contributed by atoms with Gasteiger partial charge in [-0.15, -0.1) is 0 Å². The van der Waals surface area contributed by atoms with Crippen LogP contribution in [0.2, 0.25) is 10.0 Å². The molecule has 0 spiro atoms. The molecule has 0 bridgehead atoms. The van der Waals surface area contributed by atoms with E-state index >= 15 is 0 Å². The third-order valence-corrected chi connectivity index (χ3v) is 5.04. The lowest BCUT2D eigenvalue weighted by molar-refractivity contribution is 0.726. The predicted octanol–water partition coefficient (Wildman–Crippen LogP) is 6.06. The maximum atomic E-state index is 6.11. The summed E-state index contributed by atoms with van der Waals surface area (Å²) in [4.78, 5) is 11.9. The lowest BCUT2D eigenvalue weighted by atomic mass is 10.2. The van der Waals surface area contributed by atoms with Crippen molar-refractivity contribution < 1.29 is 0 Å². The van der Waals surface area contributed by atoms with Crippen LogP contribution >= 0.6 is 23.2 Å². The first-order chi connectivity index (χ1) is 12.7. The van der Waals surface area contributed by atoms with E-state index in [1.807, 2.05) is 30.3 Å². The third kappa shape index (κ3) is 3.87. The monoisotopic (exact) mass is 386 g/mol. The second-order valence-electron chi connectivity index (χ2n) is 6.57. The largest absolute Gasteiger partial charge is 0.356 e. The number of halogens is 2. The van der Waals surface area contributed by atoms with Crippen molar-refractivity contribution in [2.24, 2.45) is 0 Å². The van der Waals surface area contributed by atoms with Crippen LogP contribution in [0.5, 0.6) is 0 Å². The Bertz CT molecular complexity index is 901. The van der Waals surface area contributed by atoms with Crippen LogP contribution in [-0.4, -0.2) is 23.1 Å². The lowest BCUT2D eigenvalue weighted by Gasteiger charge is -2.23. The molecule has 4 rings (SSSR count). The van der Waals surface area contributed by atoms with Crippen LogP contribution in [0.25, 0.3) is 10.9 Å². The van der Waals surface area contributed by atoms with Gasteiger partial charge in [0.15, 0.2) is 0 Å². The van der Waals surface area contributed by atoms with Crippen LogP contribution < -0.4 is 10.2 Å². The van der Waals surface area contributed by atoms with Gasteiger partial charge in [-0.1, -0.05) is 48.2 Å². The molecule has 1 aliphatic heterocycles. The Morgan fingerprint density at radius 1 is 0.846 bits per heavy atom. The molecule has 0 radical (unpaired) electrons. The molecule has 1 N–H and O–H groups in total. The quantitative estimate of drug-likeness (QED) is 0.593. The molecule has 0 unspecified atom stereocenters. The van der Waals surface area contributed by atoms with Gasteiger partial charge in [0.05, 0.1) is 5.52 Å². The molecule has 3 aromatic rings. The Morgan fingerprint density at radius 3 is 2.27 bits per heavy atom. The highest BCUT2D eigenvalue weighted by atomic mass is 35.5.